The second-order valence-corrected chi connectivity index (χ2v) is 0.848. The van der Waals surface area contributed by atoms with Crippen molar-refractivity contribution in [3.05, 3.63) is 0 Å². The molecule has 0 bridgehead atoms. The Morgan fingerprint density at radius 3 is 1.43 bits per heavy atom. The molecule has 1 radical (unpaired) electrons. The maximum Gasteiger partial charge on any atom is 2.00 e. The van der Waals surface area contributed by atoms with Crippen molar-refractivity contribution in [3.63, 3.8) is 0 Å². The van der Waals surface area contributed by atoms with Gasteiger partial charge in [-0.1, -0.05) is 0 Å². The third kappa shape index (κ3) is 66.3. The molecule has 0 heterocycles. The Hall–Kier alpha value is 2.16. The first kappa shape index (κ1) is 22.9. The van der Waals surface area contributed by atoms with Gasteiger partial charge < -0.3 is 15.3 Å². The molecule has 0 aliphatic heterocycles. The van der Waals surface area contributed by atoms with Crippen LogP contribution in [0.1, 0.15) is 5.71 Å². The van der Waals surface area contributed by atoms with Gasteiger partial charge in [0.15, 0.2) is 0 Å². The van der Waals surface area contributed by atoms with Gasteiger partial charge in [0, 0.05) is 17.1 Å². The molecule has 0 aromatic carbocycles. The van der Waals surface area contributed by atoms with Crippen molar-refractivity contribution in [2.75, 3.05) is 0 Å². The van der Waals surface area contributed by atoms with Crippen LogP contribution in [-0.4, -0.2) is 79.6 Å². The van der Waals surface area contributed by atoms with Crippen molar-refractivity contribution >= 4 is 70.0 Å². The molecular formula is H6CaMgMnO3Si. The van der Waals surface area contributed by atoms with Crippen molar-refractivity contribution in [2.24, 2.45) is 0 Å². The van der Waals surface area contributed by atoms with Gasteiger partial charge in [0.25, 0.3) is 0 Å². The molecule has 39 valence electrons. The van der Waals surface area contributed by atoms with E-state index in [2.05, 4.69) is 0 Å². The van der Waals surface area contributed by atoms with Gasteiger partial charge >= 0.3 is 70.0 Å². The number of hydrogen-bond donors (Lipinski definition) is 2. The van der Waals surface area contributed by atoms with Crippen LogP contribution in [0.15, 0.2) is 0 Å². The van der Waals surface area contributed by atoms with E-state index in [-0.39, 0.29) is 83.6 Å². The summed E-state index contributed by atoms with van der Waals surface area (Å²) in [5.74, 6) is 0. The smallest absolute Gasteiger partial charge is 1.00 e. The van der Waals surface area contributed by atoms with Gasteiger partial charge in [-0.15, -0.1) is 0 Å². The van der Waals surface area contributed by atoms with Crippen LogP contribution in [-0.2, 0) is 21.5 Å². The predicted octanol–water partition coefficient (Wildman–Crippen LogP) is -1.93. The fourth-order valence-corrected chi connectivity index (χ4v) is 0. The van der Waals surface area contributed by atoms with Gasteiger partial charge in [-0.3, -0.25) is 4.46 Å². The van der Waals surface area contributed by atoms with Gasteiger partial charge in [0.05, 0.1) is 0 Å². The maximum atomic E-state index is 8.74. The van der Waals surface area contributed by atoms with Crippen LogP contribution < -0.4 is 0 Å². The molecule has 0 saturated carbocycles. The molecule has 0 rings (SSSR count). The molecule has 3 nitrogen and oxygen atoms in total. The van der Waals surface area contributed by atoms with Crippen molar-refractivity contribution in [2.45, 2.75) is 0 Å². The minimum absolute atomic E-state index is 0. The first-order chi connectivity index (χ1) is 1.73. The molecule has 0 saturated heterocycles. The van der Waals surface area contributed by atoms with E-state index >= 15 is 0 Å². The van der Waals surface area contributed by atoms with Crippen molar-refractivity contribution in [1.29, 1.82) is 0 Å². The Labute approximate surface area is 105 Å². The number of rotatable bonds is 0. The van der Waals surface area contributed by atoms with Crippen LogP contribution in [0.3, 0.4) is 0 Å². The summed E-state index contributed by atoms with van der Waals surface area (Å²) in [6, 6.07) is 0. The van der Waals surface area contributed by atoms with E-state index in [1.165, 1.54) is 0 Å². The quantitative estimate of drug-likeness (QED) is 0.449. The van der Waals surface area contributed by atoms with Gasteiger partial charge in [-0.05, 0) is 0 Å². The Morgan fingerprint density at radius 2 is 1.43 bits per heavy atom. The Bertz CT molecular complexity index is 48.3. The summed E-state index contributed by atoms with van der Waals surface area (Å²) >= 11 is 0. The maximum absolute atomic E-state index is 8.74. The molecule has 2 N–H and O–H groups in total. The third-order valence-electron chi connectivity index (χ3n) is 0. The summed E-state index contributed by atoms with van der Waals surface area (Å²) in [5.41, 5.74) is 0. The van der Waals surface area contributed by atoms with E-state index in [4.69, 9.17) is 14.1 Å². The normalized spacial score (nSPS) is 3.43. The van der Waals surface area contributed by atoms with Gasteiger partial charge in [0.2, 0.25) is 0 Å². The summed E-state index contributed by atoms with van der Waals surface area (Å²) in [6.45, 7) is 0. The summed E-state index contributed by atoms with van der Waals surface area (Å²) in [4.78, 5) is 14.3. The van der Waals surface area contributed by atoms with E-state index in [1.54, 1.807) is 0 Å². The Kier molecular flexibility index (Phi) is 51.4. The van der Waals surface area contributed by atoms with Crippen LogP contribution in [0.4, 0.5) is 0 Å². The van der Waals surface area contributed by atoms with Gasteiger partial charge in [-0.25, -0.2) is 0 Å². The fraction of sp³-hybridized carbons (Fsp3) is 0. The topological polar surface area (TPSA) is 57.5 Å². The molecule has 7 heavy (non-hydrogen) atoms. The fourth-order valence-electron chi connectivity index (χ4n) is 0. The summed E-state index contributed by atoms with van der Waals surface area (Å²) in [5, 5.41) is 0. The molecule has 0 unspecified atom stereocenters. The summed E-state index contributed by atoms with van der Waals surface area (Å²) in [6.07, 6.45) is 0. The second-order valence-electron chi connectivity index (χ2n) is 0.283. The van der Waals surface area contributed by atoms with Crippen molar-refractivity contribution in [3.8, 4) is 0 Å². The van der Waals surface area contributed by atoms with E-state index < -0.39 is 9.17 Å². The average Bonchev–Trinajstić information content (AvgIpc) is 0.811. The zero-order valence-electron chi connectivity index (χ0n) is 7.59. The molecule has 0 aromatic rings. The molecule has 0 fully saturated rings. The minimum atomic E-state index is -3.13. The summed E-state index contributed by atoms with van der Waals surface area (Å²) < 4.78 is 8.74. The molecule has 0 atom stereocenters. The first-order valence-electron chi connectivity index (χ1n) is 0.651. The largest absolute Gasteiger partial charge is 2.00 e. The molecule has 0 aliphatic rings. The average molecular weight is 201 g/mol. The van der Waals surface area contributed by atoms with Gasteiger partial charge in [0.1, 0.15) is 0 Å². The van der Waals surface area contributed by atoms with E-state index in [0.717, 1.165) is 0 Å². The molecule has 0 amide bonds. The van der Waals surface area contributed by atoms with E-state index in [0.29, 0.717) is 0 Å². The monoisotopic (exact) mass is 201 g/mol. The minimum Gasteiger partial charge on any atom is -1.00 e. The molecule has 0 spiro atoms. The molecule has 0 aliphatic carbocycles. The zero-order chi connectivity index (χ0) is 3.58. The third-order valence-corrected chi connectivity index (χ3v) is 0. The van der Waals surface area contributed by atoms with Crippen LogP contribution in [0, 0.1) is 0 Å². The SMILES string of the molecule is O=[Si](O)O.[Ca+2].[H-].[H-].[H-].[H-].[Mg+2].[Mn]. The Morgan fingerprint density at radius 1 is 1.43 bits per heavy atom. The standard InChI is InChI=1S/Ca.Mg.Mn.H2O3Si.4H/c;;;1-4(2)3;;;;/h;;;1-2H;;;;/q2*+2;;;4*-1. The Balaban J connectivity index is -0.00000000214. The van der Waals surface area contributed by atoms with E-state index in [1.807, 2.05) is 0 Å². The van der Waals surface area contributed by atoms with E-state index in [9.17, 15) is 0 Å². The van der Waals surface area contributed by atoms with Crippen LogP contribution in [0.5, 0.6) is 0 Å². The summed E-state index contributed by atoms with van der Waals surface area (Å²) in [7, 11) is -3.13. The van der Waals surface area contributed by atoms with Gasteiger partial charge in [-0.2, -0.15) is 0 Å². The number of hydrogen-bond acceptors (Lipinski definition) is 1. The van der Waals surface area contributed by atoms with Crippen LogP contribution in [0.25, 0.3) is 0 Å². The molecule has 7 heteroatoms. The zero-order valence-corrected chi connectivity index (χ0v) is 9.40. The van der Waals surface area contributed by atoms with Crippen molar-refractivity contribution < 1.29 is 36.8 Å². The predicted molar refractivity (Wildman–Crippen MR) is 26.8 cm³/mol. The van der Waals surface area contributed by atoms with Crippen molar-refractivity contribution in [1.82, 2.24) is 0 Å². The molecule has 0 aromatic heterocycles. The van der Waals surface area contributed by atoms with Crippen LogP contribution >= 0.6 is 0 Å². The van der Waals surface area contributed by atoms with Crippen LogP contribution in [0.2, 0.25) is 0 Å². The second kappa shape index (κ2) is 15.7. The molecular weight excluding hydrogens is 195 g/mol. The first-order valence-corrected chi connectivity index (χ1v) is 1.95.